The number of aromatic nitrogens is 24. The zero-order chi connectivity index (χ0) is 94.7. The number of anilines is 24. The molecule has 0 aliphatic rings. The van der Waals surface area contributed by atoms with Gasteiger partial charge >= 0.3 is 0 Å². The lowest BCUT2D eigenvalue weighted by Crippen LogP contribution is -2.20. The van der Waals surface area contributed by atoms with Crippen LogP contribution >= 0.6 is 11.3 Å². The highest BCUT2D eigenvalue weighted by Crippen LogP contribution is 2.21. The number of nitrogen functional groups attached to an aromatic ring is 9. The number of furan rings is 7. The molecule has 0 spiro atoms. The highest BCUT2D eigenvalue weighted by atomic mass is 32.1. The third kappa shape index (κ3) is 34.5. The molecule has 0 fully saturated rings. The van der Waals surface area contributed by atoms with Gasteiger partial charge in [0.1, 0.15) is 0 Å². The molecule has 56 heteroatoms. The molecule has 0 aromatic carbocycles. The molecular weight excluding hydrogens is 1730 g/mol. The van der Waals surface area contributed by atoms with Gasteiger partial charge in [0.2, 0.25) is 143 Å². The number of hydrogen-bond acceptors (Lipinski definition) is 56. The van der Waals surface area contributed by atoms with E-state index in [4.69, 9.17) is 82.5 Å². The molecule has 0 saturated carbocycles. The van der Waals surface area contributed by atoms with Crippen molar-refractivity contribution >= 4 is 154 Å². The predicted molar refractivity (Wildman–Crippen MR) is 503 cm³/mol. The van der Waals surface area contributed by atoms with Crippen LogP contribution in [0, 0.1) is 0 Å². The van der Waals surface area contributed by atoms with Gasteiger partial charge in [-0.1, -0.05) is 0 Å². The lowest BCUT2D eigenvalue weighted by molar-refractivity contribution is 0.563. The quantitative estimate of drug-likeness (QED) is 0.0246. The third-order valence-corrected chi connectivity index (χ3v) is 16.9. The van der Waals surface area contributed by atoms with Crippen molar-refractivity contribution in [2.24, 2.45) is 0 Å². The van der Waals surface area contributed by atoms with E-state index in [1.165, 1.54) is 0 Å². The van der Waals surface area contributed by atoms with Gasteiger partial charge in [0.05, 0.1) is 87.7 Å². The number of nitrogens with zero attached hydrogens (tertiary/aromatic N) is 29. The Morgan fingerprint density at radius 3 is 0.742 bits per heavy atom. The average molecular weight is 1830 g/mol. The van der Waals surface area contributed by atoms with Crippen LogP contribution in [0.15, 0.2) is 178 Å². The summed E-state index contributed by atoms with van der Waals surface area (Å²) >= 11 is 1.64. The smallest absolute Gasteiger partial charge is 0.231 e. The summed E-state index contributed by atoms with van der Waals surface area (Å²) in [6.07, 6.45) is 23.0. The molecule has 0 unspecified atom stereocenters. The van der Waals surface area contributed by atoms with E-state index < -0.39 is 0 Å². The van der Waals surface area contributed by atoms with Crippen molar-refractivity contribution < 1.29 is 30.9 Å². The van der Waals surface area contributed by atoms with Crippen LogP contribution in [-0.4, -0.2) is 204 Å². The molecule has 696 valence electrons. The van der Waals surface area contributed by atoms with Crippen LogP contribution in [0.5, 0.6) is 0 Å². The Morgan fingerprint density at radius 2 is 0.447 bits per heavy atom. The molecule has 16 aromatic rings. The highest BCUT2D eigenvalue weighted by Gasteiger charge is 2.16. The van der Waals surface area contributed by atoms with Gasteiger partial charge in [-0.05, 0) is 64.9 Å². The average Bonchev–Trinajstić information content (AvgIpc) is 1.02. The van der Waals surface area contributed by atoms with Gasteiger partial charge < -0.3 is 160 Å². The van der Waals surface area contributed by atoms with Crippen molar-refractivity contribution in [2.75, 3.05) is 214 Å². The topological polar surface area (TPSA) is 772 Å². The second kappa shape index (κ2) is 50.8. The van der Waals surface area contributed by atoms with Crippen LogP contribution < -0.4 is 129 Å². The molecule has 16 aromatic heterocycles. The zero-order valence-electron chi connectivity index (χ0n) is 73.9. The normalized spacial score (nSPS) is 10.2. The summed E-state index contributed by atoms with van der Waals surface area (Å²) in [4.78, 5) is 106. The molecular formula is C76H104N48O7S. The minimum Gasteiger partial charge on any atom is -0.472 e. The molecule has 28 N–H and O–H groups in total. The molecule has 0 amide bonds. The molecule has 0 saturated heterocycles. The van der Waals surface area contributed by atoms with Crippen LogP contribution in [0.2, 0.25) is 0 Å². The standard InChI is InChI=1S/C12H18N6O.3C10H14N6O.2C9H12N6O.C8H10N6O.C8H10N6S/c1-17(2)11-14-10(15-12(16-11)18(3)4)13-7-9-5-6-19-8-9;1-16(2)10-14-8(11)13-9(15-10)12-5-7-3-4-17-6-7;1-12-9-13-8(11)14-10(15-9)16(2)5-7-3-4-17-6-7;1-11-8-14-9(12-2)16-10(15-8)13-5-7-3-4-17-6-7;1-15(4-6-2-3-16-5-6)9-13-7(10)12-8(11)14-9;1-11-8-13-7(10)14-9(15-8)12-4-6-2-3-16-5-6;2*9-6-12-7(10)14-8(13-6)11-3-5-1-2-15-4-5/h5-6,8H,7H2,1-4H3,(H,13,14,15,16);2*3-4,6H,5H2,1-2H3,(H3,11,12,13,14,15);3-4,6H,5H2,1-2H3,(H3,11,12,13,14,15,16);2-3,5H,4H2,1H3,(H4,10,11,12,13,14);2-3,5H,4H2,1H3,(H4,10,11,12,13,14,15);2*1-2,4H,3H2,(H5,9,10,11,12,13,14). The molecule has 0 radical (unpaired) electrons. The predicted octanol–water partition coefficient (Wildman–Crippen LogP) is 5.74. The molecule has 55 nitrogen and oxygen atoms in total. The third-order valence-electron chi connectivity index (χ3n) is 16.1. The van der Waals surface area contributed by atoms with E-state index in [2.05, 4.69) is 173 Å². The van der Waals surface area contributed by atoms with Crippen LogP contribution in [0.3, 0.4) is 0 Å². The van der Waals surface area contributed by atoms with Crippen molar-refractivity contribution in [3.63, 3.8) is 0 Å². The van der Waals surface area contributed by atoms with Crippen molar-refractivity contribution in [3.8, 4) is 0 Å². The largest absolute Gasteiger partial charge is 0.472 e. The van der Waals surface area contributed by atoms with E-state index in [0.29, 0.717) is 142 Å². The van der Waals surface area contributed by atoms with E-state index in [1.807, 2.05) is 130 Å². The lowest BCUT2D eigenvalue weighted by Gasteiger charge is -2.16. The maximum atomic E-state index is 5.60. The van der Waals surface area contributed by atoms with Crippen molar-refractivity contribution in [1.29, 1.82) is 0 Å². The van der Waals surface area contributed by atoms with Crippen LogP contribution in [0.1, 0.15) is 44.5 Å². The summed E-state index contributed by atoms with van der Waals surface area (Å²) in [5, 5.41) is 33.7. The lowest BCUT2D eigenvalue weighted by atomic mass is 10.3. The first-order valence-corrected chi connectivity index (χ1v) is 40.1. The van der Waals surface area contributed by atoms with E-state index in [0.717, 1.165) is 44.5 Å². The number of nitrogens with two attached hydrogens (primary N) is 9. The van der Waals surface area contributed by atoms with Gasteiger partial charge in [-0.2, -0.15) is 131 Å². The summed E-state index contributed by atoms with van der Waals surface area (Å²) in [5.41, 5.74) is 57.6. The minimum atomic E-state index is 0.0946. The maximum Gasteiger partial charge on any atom is 0.231 e. The van der Waals surface area contributed by atoms with Crippen LogP contribution in [-0.2, 0) is 52.4 Å². The summed E-state index contributed by atoms with van der Waals surface area (Å²) in [6, 6.07) is 15.1. The van der Waals surface area contributed by atoms with Crippen molar-refractivity contribution in [2.45, 2.75) is 52.4 Å². The van der Waals surface area contributed by atoms with E-state index in [1.54, 1.807) is 137 Å². The SMILES string of the molecule is CN(C)c1nc(N)nc(NCc2ccoc2)n1.CN(C)c1nc(NCc2ccoc2)nc(N(C)C)n1.CN(Cc1ccoc1)c1nc(N)nc(N)n1.CNc1nc(N)nc(N(C)Cc2ccoc2)n1.CNc1nc(N)nc(NCc2ccoc2)n1.CNc1nc(NC)nc(NCc2ccoc2)n1.Nc1nc(N)nc(NCc2ccoc2)n1.Nc1nc(N)nc(NCc2ccsc2)n1. The molecule has 0 aliphatic heterocycles. The second-order valence-corrected chi connectivity index (χ2v) is 28.0. The fourth-order valence-electron chi connectivity index (χ4n) is 9.86. The Morgan fingerprint density at radius 1 is 0.235 bits per heavy atom. The minimum absolute atomic E-state index is 0.0946. The number of thiophene rings is 1. The number of nitrogens with one attached hydrogen (secondary N) is 10. The first-order valence-electron chi connectivity index (χ1n) is 39.2. The highest BCUT2D eigenvalue weighted by molar-refractivity contribution is 7.08. The zero-order valence-corrected chi connectivity index (χ0v) is 74.8. The Hall–Kier alpha value is -18.1. The molecule has 16 heterocycles. The van der Waals surface area contributed by atoms with E-state index >= 15 is 0 Å². The van der Waals surface area contributed by atoms with Gasteiger partial charge in [-0.25, -0.2) is 0 Å². The molecule has 0 atom stereocenters. The Labute approximate surface area is 758 Å². The van der Waals surface area contributed by atoms with Gasteiger partial charge in [-0.15, -0.1) is 0 Å². The molecule has 0 bridgehead atoms. The van der Waals surface area contributed by atoms with E-state index in [9.17, 15) is 0 Å². The monoisotopic (exact) mass is 1830 g/mol. The first kappa shape index (κ1) is 97.7. The van der Waals surface area contributed by atoms with Crippen molar-refractivity contribution in [1.82, 2.24) is 120 Å². The second-order valence-electron chi connectivity index (χ2n) is 27.2. The fraction of sp³-hybridized carbons (Fsp3) is 0.263. The van der Waals surface area contributed by atoms with Gasteiger partial charge in [-0.3, -0.25) is 0 Å². The number of rotatable bonds is 31. The van der Waals surface area contributed by atoms with Gasteiger partial charge in [0.25, 0.3) is 0 Å². The van der Waals surface area contributed by atoms with Gasteiger partial charge in [0, 0.05) is 176 Å². The Bertz CT molecular complexity index is 5690. The maximum absolute atomic E-state index is 5.60. The summed E-state index contributed by atoms with van der Waals surface area (Å²) < 4.78 is 34.8. The molecule has 16 rings (SSSR count). The molecule has 132 heavy (non-hydrogen) atoms. The fourth-order valence-corrected chi connectivity index (χ4v) is 10.5. The Balaban J connectivity index is 0.000000170. The summed E-state index contributed by atoms with van der Waals surface area (Å²) in [6.45, 7) is 4.80. The van der Waals surface area contributed by atoms with Crippen LogP contribution in [0.4, 0.5) is 143 Å². The van der Waals surface area contributed by atoms with Gasteiger partial charge in [0.15, 0.2) is 0 Å². The summed E-state index contributed by atoms with van der Waals surface area (Å²) in [7, 11) is 21.9. The van der Waals surface area contributed by atoms with Crippen LogP contribution in [0.25, 0.3) is 0 Å². The van der Waals surface area contributed by atoms with Crippen molar-refractivity contribution in [3.05, 3.63) is 191 Å². The number of hydrogen-bond donors (Lipinski definition) is 19. The van der Waals surface area contributed by atoms with E-state index in [-0.39, 0.29) is 53.5 Å². The molecule has 0 aliphatic carbocycles. The first-order chi connectivity index (χ1) is 63.6. The summed E-state index contributed by atoms with van der Waals surface area (Å²) in [5.74, 6) is 8.51. The Kier molecular flexibility index (Phi) is 37.6.